The summed E-state index contributed by atoms with van der Waals surface area (Å²) in [6.45, 7) is 1.11. The molecule has 1 N–H and O–H groups in total. The third-order valence-corrected chi connectivity index (χ3v) is 4.32. The van der Waals surface area contributed by atoms with Crippen molar-refractivity contribution in [2.75, 3.05) is 37.4 Å². The van der Waals surface area contributed by atoms with Crippen molar-refractivity contribution in [1.82, 2.24) is 5.32 Å². The highest BCUT2D eigenvalue weighted by Gasteiger charge is 2.17. The van der Waals surface area contributed by atoms with Crippen LogP contribution in [0.25, 0.3) is 0 Å². The average molecular weight is 349 g/mol. The van der Waals surface area contributed by atoms with Crippen LogP contribution in [0.15, 0.2) is 24.3 Å². The number of nitrogens with one attached hydrogen (secondary N) is 1. The normalized spacial score (nSPS) is 11.2. The van der Waals surface area contributed by atoms with Gasteiger partial charge >= 0.3 is 0 Å². The van der Waals surface area contributed by atoms with E-state index in [1.807, 2.05) is 0 Å². The molecule has 0 heterocycles. The zero-order valence-electron chi connectivity index (χ0n) is 12.7. The molecular formula is C14H21ClN2O4S. The number of hydrogen-bond acceptors (Lipinski definition) is 4. The summed E-state index contributed by atoms with van der Waals surface area (Å²) in [5, 5.41) is 3.15. The minimum atomic E-state index is -3.43. The van der Waals surface area contributed by atoms with Gasteiger partial charge in [0.2, 0.25) is 15.9 Å². The molecule has 1 aromatic carbocycles. The molecule has 0 aliphatic rings. The predicted molar refractivity (Wildman–Crippen MR) is 87.8 cm³/mol. The van der Waals surface area contributed by atoms with E-state index >= 15 is 0 Å². The van der Waals surface area contributed by atoms with Crippen molar-refractivity contribution in [2.45, 2.75) is 12.8 Å². The number of halogens is 1. The first-order valence-electron chi connectivity index (χ1n) is 6.83. The number of anilines is 1. The topological polar surface area (TPSA) is 75.7 Å². The monoisotopic (exact) mass is 348 g/mol. The van der Waals surface area contributed by atoms with Gasteiger partial charge in [-0.15, -0.1) is 0 Å². The number of sulfonamides is 1. The van der Waals surface area contributed by atoms with Gasteiger partial charge in [0.05, 0.1) is 18.6 Å². The smallest absolute Gasteiger partial charge is 0.232 e. The van der Waals surface area contributed by atoms with Crippen LogP contribution in [0, 0.1) is 0 Å². The molecule has 0 aromatic heterocycles. The van der Waals surface area contributed by atoms with Crippen molar-refractivity contribution in [2.24, 2.45) is 0 Å². The molecule has 0 atom stereocenters. The number of rotatable bonds is 9. The number of nitrogens with zero attached hydrogens (tertiary/aromatic N) is 1. The second-order valence-electron chi connectivity index (χ2n) is 4.76. The zero-order chi connectivity index (χ0) is 16.6. The van der Waals surface area contributed by atoms with E-state index in [1.54, 1.807) is 31.4 Å². The SMILES string of the molecule is COCCNC(=O)CCCN(c1cccc(Cl)c1)S(C)(=O)=O. The molecule has 0 saturated carbocycles. The molecule has 0 bridgehead atoms. The van der Waals surface area contributed by atoms with E-state index in [2.05, 4.69) is 5.32 Å². The van der Waals surface area contributed by atoms with Gasteiger partial charge in [0.15, 0.2) is 0 Å². The Bertz CT molecular complexity index is 592. The number of hydrogen-bond donors (Lipinski definition) is 1. The number of benzene rings is 1. The van der Waals surface area contributed by atoms with Crippen LogP contribution in [0.1, 0.15) is 12.8 Å². The molecule has 1 rings (SSSR count). The lowest BCUT2D eigenvalue weighted by atomic mass is 10.2. The van der Waals surface area contributed by atoms with Crippen LogP contribution < -0.4 is 9.62 Å². The molecule has 0 spiro atoms. The highest BCUT2D eigenvalue weighted by Crippen LogP contribution is 2.22. The van der Waals surface area contributed by atoms with Crippen LogP contribution in [0.5, 0.6) is 0 Å². The quantitative estimate of drug-likeness (QED) is 0.688. The van der Waals surface area contributed by atoms with Gasteiger partial charge in [0.25, 0.3) is 0 Å². The zero-order valence-corrected chi connectivity index (χ0v) is 14.3. The second kappa shape index (κ2) is 8.97. The summed E-state index contributed by atoms with van der Waals surface area (Å²) < 4.78 is 29.9. The summed E-state index contributed by atoms with van der Waals surface area (Å²) in [7, 11) is -1.87. The summed E-state index contributed by atoms with van der Waals surface area (Å²) in [6, 6.07) is 6.62. The van der Waals surface area contributed by atoms with Crippen molar-refractivity contribution in [3.05, 3.63) is 29.3 Å². The molecular weight excluding hydrogens is 328 g/mol. The van der Waals surface area contributed by atoms with Gasteiger partial charge in [-0.3, -0.25) is 9.10 Å². The number of methoxy groups -OCH3 is 1. The molecule has 0 fully saturated rings. The predicted octanol–water partition coefficient (Wildman–Crippen LogP) is 1.65. The Balaban J connectivity index is 2.59. The highest BCUT2D eigenvalue weighted by atomic mass is 35.5. The fourth-order valence-electron chi connectivity index (χ4n) is 1.88. The van der Waals surface area contributed by atoms with E-state index in [-0.39, 0.29) is 18.9 Å². The number of carbonyl (C=O) groups excluding carboxylic acids is 1. The Morgan fingerprint density at radius 3 is 2.73 bits per heavy atom. The molecule has 124 valence electrons. The molecule has 0 aliphatic carbocycles. The minimum Gasteiger partial charge on any atom is -0.383 e. The molecule has 8 heteroatoms. The number of carbonyl (C=O) groups is 1. The Kier molecular flexibility index (Phi) is 7.64. The van der Waals surface area contributed by atoms with Gasteiger partial charge < -0.3 is 10.1 Å². The molecule has 1 aromatic rings. The van der Waals surface area contributed by atoms with Crippen molar-refractivity contribution in [3.8, 4) is 0 Å². The van der Waals surface area contributed by atoms with Crippen LogP contribution in [-0.2, 0) is 19.6 Å². The average Bonchev–Trinajstić information content (AvgIpc) is 2.42. The minimum absolute atomic E-state index is 0.128. The number of ether oxygens (including phenoxy) is 1. The van der Waals surface area contributed by atoms with E-state index in [4.69, 9.17) is 16.3 Å². The fraction of sp³-hybridized carbons (Fsp3) is 0.500. The molecule has 22 heavy (non-hydrogen) atoms. The lowest BCUT2D eigenvalue weighted by molar-refractivity contribution is -0.121. The van der Waals surface area contributed by atoms with E-state index in [0.29, 0.717) is 30.3 Å². The van der Waals surface area contributed by atoms with Gasteiger partial charge in [0, 0.05) is 31.6 Å². The Labute approximate surface area is 136 Å². The maximum absolute atomic E-state index is 11.9. The first kappa shape index (κ1) is 18.7. The van der Waals surface area contributed by atoms with Crippen LogP contribution in [-0.4, -0.2) is 47.4 Å². The Morgan fingerprint density at radius 2 is 2.14 bits per heavy atom. The summed E-state index contributed by atoms with van der Waals surface area (Å²) in [4.78, 5) is 11.6. The lowest BCUT2D eigenvalue weighted by Crippen LogP contribution is -2.32. The van der Waals surface area contributed by atoms with Crippen LogP contribution >= 0.6 is 11.6 Å². The van der Waals surface area contributed by atoms with Crippen molar-refractivity contribution in [1.29, 1.82) is 0 Å². The van der Waals surface area contributed by atoms with Crippen molar-refractivity contribution < 1.29 is 17.9 Å². The Morgan fingerprint density at radius 1 is 1.41 bits per heavy atom. The summed E-state index contributed by atoms with van der Waals surface area (Å²) in [5.41, 5.74) is 0.495. The summed E-state index contributed by atoms with van der Waals surface area (Å²) in [5.74, 6) is -0.128. The van der Waals surface area contributed by atoms with E-state index in [9.17, 15) is 13.2 Å². The molecule has 0 aliphatic heterocycles. The highest BCUT2D eigenvalue weighted by molar-refractivity contribution is 7.92. The van der Waals surface area contributed by atoms with Gasteiger partial charge in [0.1, 0.15) is 0 Å². The second-order valence-corrected chi connectivity index (χ2v) is 7.10. The summed E-state index contributed by atoms with van der Waals surface area (Å²) >= 11 is 5.90. The molecule has 0 unspecified atom stereocenters. The van der Waals surface area contributed by atoms with Crippen molar-refractivity contribution >= 4 is 33.2 Å². The lowest BCUT2D eigenvalue weighted by Gasteiger charge is -2.22. The maximum atomic E-state index is 11.9. The first-order valence-corrected chi connectivity index (χ1v) is 9.06. The molecule has 1 amide bonds. The maximum Gasteiger partial charge on any atom is 0.232 e. The van der Waals surface area contributed by atoms with Crippen LogP contribution in [0.4, 0.5) is 5.69 Å². The molecule has 0 saturated heterocycles. The standard InChI is InChI=1S/C14H21ClN2O4S/c1-21-10-8-16-14(18)7-4-9-17(22(2,19)20)13-6-3-5-12(15)11-13/h3,5-6,11H,4,7-10H2,1-2H3,(H,16,18). The van der Waals surface area contributed by atoms with E-state index in [0.717, 1.165) is 6.26 Å². The number of amides is 1. The first-order chi connectivity index (χ1) is 10.3. The van der Waals surface area contributed by atoms with Gasteiger partial charge in [-0.2, -0.15) is 0 Å². The third-order valence-electron chi connectivity index (χ3n) is 2.89. The van der Waals surface area contributed by atoms with Gasteiger partial charge in [-0.05, 0) is 24.6 Å². The molecule has 6 nitrogen and oxygen atoms in total. The van der Waals surface area contributed by atoms with Gasteiger partial charge in [-0.25, -0.2) is 8.42 Å². The van der Waals surface area contributed by atoms with Crippen molar-refractivity contribution in [3.63, 3.8) is 0 Å². The van der Waals surface area contributed by atoms with E-state index < -0.39 is 10.0 Å². The van der Waals surface area contributed by atoms with Crippen LogP contribution in [0.3, 0.4) is 0 Å². The summed E-state index contributed by atoms with van der Waals surface area (Å²) in [6.07, 6.45) is 1.79. The van der Waals surface area contributed by atoms with E-state index in [1.165, 1.54) is 4.31 Å². The third kappa shape index (κ3) is 6.64. The van der Waals surface area contributed by atoms with Gasteiger partial charge in [-0.1, -0.05) is 17.7 Å². The fourth-order valence-corrected chi connectivity index (χ4v) is 3.02. The van der Waals surface area contributed by atoms with Crippen LogP contribution in [0.2, 0.25) is 5.02 Å². The molecule has 0 radical (unpaired) electrons. The Hall–Kier alpha value is -1.31. The largest absolute Gasteiger partial charge is 0.383 e.